The fourth-order valence-corrected chi connectivity index (χ4v) is 3.31. The van der Waals surface area contributed by atoms with E-state index in [1.54, 1.807) is 7.05 Å². The van der Waals surface area contributed by atoms with Crippen LogP contribution in [0.4, 0.5) is 0 Å². The number of tetrazole rings is 1. The van der Waals surface area contributed by atoms with E-state index < -0.39 is 0 Å². The van der Waals surface area contributed by atoms with Crippen LogP contribution in [0.15, 0.2) is 17.3 Å². The summed E-state index contributed by atoms with van der Waals surface area (Å²) >= 11 is 1.29. The predicted octanol–water partition coefficient (Wildman–Crippen LogP) is 1.34. The van der Waals surface area contributed by atoms with Gasteiger partial charge in [0.2, 0.25) is 11.1 Å². The van der Waals surface area contributed by atoms with Crippen molar-refractivity contribution < 1.29 is 14.3 Å². The molecule has 1 aliphatic rings. The lowest BCUT2D eigenvalue weighted by Crippen LogP contribution is -2.25. The van der Waals surface area contributed by atoms with Gasteiger partial charge in [0, 0.05) is 31.1 Å². The second kappa shape index (κ2) is 7.73. The molecule has 0 saturated carbocycles. The van der Waals surface area contributed by atoms with Gasteiger partial charge >= 0.3 is 0 Å². The summed E-state index contributed by atoms with van der Waals surface area (Å²) in [7, 11) is 1.74. The van der Waals surface area contributed by atoms with Crippen LogP contribution in [0, 0.1) is 0 Å². The Bertz CT molecular complexity index is 764. The van der Waals surface area contributed by atoms with Crippen LogP contribution in [-0.2, 0) is 24.8 Å². The maximum atomic E-state index is 12.1. The van der Waals surface area contributed by atoms with Crippen LogP contribution in [0.5, 0.6) is 11.5 Å². The molecule has 1 atom stereocenters. The van der Waals surface area contributed by atoms with Crippen LogP contribution in [0.1, 0.15) is 25.0 Å². The Morgan fingerprint density at radius 1 is 1.52 bits per heavy atom. The van der Waals surface area contributed by atoms with Crippen molar-refractivity contribution in [3.05, 3.63) is 23.3 Å². The van der Waals surface area contributed by atoms with Gasteiger partial charge in [0.15, 0.2) is 0 Å². The first-order valence-electron chi connectivity index (χ1n) is 8.14. The average Bonchev–Trinajstić information content (AvgIpc) is 3.15. The summed E-state index contributed by atoms with van der Waals surface area (Å²) in [6, 6.07) is 3.98. The highest BCUT2D eigenvalue weighted by molar-refractivity contribution is 7.99. The molecule has 2 aromatic rings. The number of nitrogens with zero attached hydrogens (tertiary/aromatic N) is 4. The van der Waals surface area contributed by atoms with Crippen LogP contribution in [-0.4, -0.2) is 44.6 Å². The molecular weight excluding hydrogens is 342 g/mol. The molecule has 0 aliphatic carbocycles. The van der Waals surface area contributed by atoms with E-state index in [-0.39, 0.29) is 17.8 Å². The summed E-state index contributed by atoms with van der Waals surface area (Å²) in [4.78, 5) is 12.1. The summed E-state index contributed by atoms with van der Waals surface area (Å²) in [5.74, 6) is 1.82. The quantitative estimate of drug-likeness (QED) is 0.742. The van der Waals surface area contributed by atoms with E-state index in [1.807, 2.05) is 26.0 Å². The molecule has 134 valence electrons. The Morgan fingerprint density at radius 2 is 2.36 bits per heavy atom. The third kappa shape index (κ3) is 4.22. The number of amides is 1. The van der Waals surface area contributed by atoms with E-state index in [9.17, 15) is 4.79 Å². The van der Waals surface area contributed by atoms with Crippen LogP contribution >= 0.6 is 11.8 Å². The second-order valence-electron chi connectivity index (χ2n) is 5.78. The molecule has 0 saturated heterocycles. The van der Waals surface area contributed by atoms with E-state index in [0.717, 1.165) is 29.0 Å². The van der Waals surface area contributed by atoms with Crippen LogP contribution < -0.4 is 14.8 Å². The molecule has 1 unspecified atom stereocenters. The van der Waals surface area contributed by atoms with Crippen molar-refractivity contribution in [1.29, 1.82) is 0 Å². The van der Waals surface area contributed by atoms with Crippen molar-refractivity contribution in [3.63, 3.8) is 0 Å². The van der Waals surface area contributed by atoms with E-state index in [2.05, 4.69) is 20.8 Å². The Labute approximate surface area is 150 Å². The largest absolute Gasteiger partial charge is 0.494 e. The maximum Gasteiger partial charge on any atom is 0.230 e. The highest BCUT2D eigenvalue weighted by atomic mass is 32.2. The van der Waals surface area contributed by atoms with Crippen molar-refractivity contribution in [1.82, 2.24) is 25.5 Å². The molecule has 1 amide bonds. The molecular formula is C16H21N5O3S. The summed E-state index contributed by atoms with van der Waals surface area (Å²) in [6.45, 7) is 4.95. The van der Waals surface area contributed by atoms with Gasteiger partial charge in [-0.1, -0.05) is 11.8 Å². The summed E-state index contributed by atoms with van der Waals surface area (Å²) < 4.78 is 13.1. The smallest absolute Gasteiger partial charge is 0.230 e. The first kappa shape index (κ1) is 17.5. The Hall–Kier alpha value is -2.29. The summed E-state index contributed by atoms with van der Waals surface area (Å²) in [6.07, 6.45) is 1.05. The zero-order valence-corrected chi connectivity index (χ0v) is 15.3. The number of ether oxygens (including phenoxy) is 2. The highest BCUT2D eigenvalue weighted by Crippen LogP contribution is 2.35. The van der Waals surface area contributed by atoms with Crippen molar-refractivity contribution in [2.24, 2.45) is 7.05 Å². The highest BCUT2D eigenvalue weighted by Gasteiger charge is 2.22. The third-order valence-electron chi connectivity index (χ3n) is 3.77. The number of aromatic nitrogens is 4. The molecule has 9 heteroatoms. The normalized spacial score (nSPS) is 15.6. The molecule has 3 rings (SSSR count). The monoisotopic (exact) mass is 363 g/mol. The number of aryl methyl sites for hydroxylation is 1. The lowest BCUT2D eigenvalue weighted by atomic mass is 10.1. The number of rotatable bonds is 7. The Balaban J connectivity index is 1.61. The van der Waals surface area contributed by atoms with E-state index >= 15 is 0 Å². The average molecular weight is 363 g/mol. The van der Waals surface area contributed by atoms with Gasteiger partial charge in [-0.3, -0.25) is 4.79 Å². The first-order chi connectivity index (χ1) is 12.1. The van der Waals surface area contributed by atoms with E-state index in [0.29, 0.717) is 18.3 Å². The van der Waals surface area contributed by atoms with Crippen molar-refractivity contribution >= 4 is 17.7 Å². The lowest BCUT2D eigenvalue weighted by Gasteiger charge is -2.13. The van der Waals surface area contributed by atoms with Gasteiger partial charge in [-0.05, 0) is 36.4 Å². The standard InChI is InChI=1S/C16H21N5O3S/c1-4-23-13-6-11-5-10(2)24-14(11)7-12(13)8-17-15(22)9-25-16-18-19-20-21(16)3/h6-7,10H,4-5,8-9H2,1-3H3,(H,17,22). The van der Waals surface area contributed by atoms with Gasteiger partial charge in [-0.25, -0.2) is 4.68 Å². The number of carbonyl (C=O) groups is 1. The number of nitrogens with one attached hydrogen (secondary N) is 1. The molecule has 0 bridgehead atoms. The minimum absolute atomic E-state index is 0.0924. The molecule has 1 N–H and O–H groups in total. The molecule has 1 aromatic carbocycles. The van der Waals surface area contributed by atoms with Gasteiger partial charge in [-0.2, -0.15) is 0 Å². The lowest BCUT2D eigenvalue weighted by molar-refractivity contribution is -0.118. The first-order valence-corrected chi connectivity index (χ1v) is 9.12. The molecule has 8 nitrogen and oxygen atoms in total. The molecule has 0 fully saturated rings. The van der Waals surface area contributed by atoms with Crippen LogP contribution in [0.3, 0.4) is 0 Å². The number of hydrogen-bond donors (Lipinski definition) is 1. The van der Waals surface area contributed by atoms with Gasteiger partial charge < -0.3 is 14.8 Å². The Morgan fingerprint density at radius 3 is 3.08 bits per heavy atom. The van der Waals surface area contributed by atoms with E-state index in [1.165, 1.54) is 16.4 Å². The van der Waals surface area contributed by atoms with Crippen molar-refractivity contribution in [2.45, 2.75) is 38.1 Å². The second-order valence-corrected chi connectivity index (χ2v) is 6.73. The number of hydrogen-bond acceptors (Lipinski definition) is 7. The zero-order chi connectivity index (χ0) is 17.8. The summed E-state index contributed by atoms with van der Waals surface area (Å²) in [5.41, 5.74) is 2.06. The van der Waals surface area contributed by atoms with Crippen LogP contribution in [0.2, 0.25) is 0 Å². The molecule has 1 aliphatic heterocycles. The number of benzene rings is 1. The maximum absolute atomic E-state index is 12.1. The zero-order valence-electron chi connectivity index (χ0n) is 14.5. The van der Waals surface area contributed by atoms with Crippen LogP contribution in [0.25, 0.3) is 0 Å². The fraction of sp³-hybridized carbons (Fsp3) is 0.500. The number of thioether (sulfide) groups is 1. The van der Waals surface area contributed by atoms with Gasteiger partial charge in [0.25, 0.3) is 0 Å². The van der Waals surface area contributed by atoms with Gasteiger partial charge in [0.05, 0.1) is 12.4 Å². The molecule has 1 aromatic heterocycles. The van der Waals surface area contributed by atoms with Crippen molar-refractivity contribution in [2.75, 3.05) is 12.4 Å². The van der Waals surface area contributed by atoms with Gasteiger partial charge in [-0.15, -0.1) is 5.10 Å². The molecule has 0 spiro atoms. The van der Waals surface area contributed by atoms with Gasteiger partial charge in [0.1, 0.15) is 17.6 Å². The van der Waals surface area contributed by atoms with Crippen molar-refractivity contribution in [3.8, 4) is 11.5 Å². The molecule has 2 heterocycles. The predicted molar refractivity (Wildman–Crippen MR) is 92.8 cm³/mol. The minimum atomic E-state index is -0.0924. The molecule has 0 radical (unpaired) electrons. The number of fused-ring (bicyclic) bond motifs is 1. The number of carbonyl (C=O) groups excluding carboxylic acids is 1. The summed E-state index contributed by atoms with van der Waals surface area (Å²) in [5, 5.41) is 14.6. The minimum Gasteiger partial charge on any atom is -0.494 e. The third-order valence-corrected chi connectivity index (χ3v) is 4.78. The topological polar surface area (TPSA) is 91.2 Å². The van der Waals surface area contributed by atoms with E-state index in [4.69, 9.17) is 9.47 Å². The molecule has 25 heavy (non-hydrogen) atoms. The Kier molecular flexibility index (Phi) is 5.42. The fourth-order valence-electron chi connectivity index (χ4n) is 2.63. The SMILES string of the molecule is CCOc1cc2c(cc1CNC(=O)CSc1nnnn1C)OC(C)C2.